The Bertz CT molecular complexity index is 1390. The van der Waals surface area contributed by atoms with Gasteiger partial charge in [-0.05, 0) is 55.5 Å². The molecule has 0 aliphatic carbocycles. The number of amides is 1. The van der Waals surface area contributed by atoms with Gasteiger partial charge in [-0.15, -0.1) is 5.10 Å². The van der Waals surface area contributed by atoms with Crippen LogP contribution in [-0.2, 0) is 0 Å². The molecule has 1 aliphatic heterocycles. The highest BCUT2D eigenvalue weighted by molar-refractivity contribution is 5.94. The number of allylic oxidation sites excluding steroid dienone is 7. The summed E-state index contributed by atoms with van der Waals surface area (Å²) in [5.74, 6) is 0.519. The molecule has 1 amide bonds. The summed E-state index contributed by atoms with van der Waals surface area (Å²) in [5.41, 5.74) is 5.05. The van der Waals surface area contributed by atoms with Gasteiger partial charge in [0.25, 0.3) is 5.91 Å². The molecule has 3 aromatic rings. The molecule has 0 spiro atoms. The maximum absolute atomic E-state index is 13.1. The Morgan fingerprint density at radius 3 is 2.32 bits per heavy atom. The molecule has 188 valence electrons. The maximum atomic E-state index is 13.1. The zero-order valence-corrected chi connectivity index (χ0v) is 21.2. The summed E-state index contributed by atoms with van der Waals surface area (Å²) in [6.45, 7) is 16.3. The van der Waals surface area contributed by atoms with E-state index < -0.39 is 0 Å². The van der Waals surface area contributed by atoms with Gasteiger partial charge in [0.05, 0.1) is 5.69 Å². The highest BCUT2D eigenvalue weighted by Gasteiger charge is 2.22. The van der Waals surface area contributed by atoms with Crippen molar-refractivity contribution in [3.8, 4) is 11.3 Å². The Labute approximate surface area is 218 Å². The molecule has 1 fully saturated rings. The number of carbonyl (C=O) groups excluding carboxylic acids is 1. The second-order valence-corrected chi connectivity index (χ2v) is 8.48. The lowest BCUT2D eigenvalue weighted by molar-refractivity contribution is 0.0672. The fourth-order valence-corrected chi connectivity index (χ4v) is 4.22. The number of carbonyl (C=O) groups is 1. The molecule has 2 aromatic heterocycles. The van der Waals surface area contributed by atoms with Crippen LogP contribution in [0.3, 0.4) is 0 Å². The number of piperazine rings is 1. The van der Waals surface area contributed by atoms with E-state index in [-0.39, 0.29) is 5.91 Å². The molecule has 0 saturated carbocycles. The first kappa shape index (κ1) is 25.4. The molecular formula is C30H32N6O. The van der Waals surface area contributed by atoms with Crippen molar-refractivity contribution in [2.75, 3.05) is 31.5 Å². The quantitative estimate of drug-likeness (QED) is 0.402. The second-order valence-electron chi connectivity index (χ2n) is 8.48. The Balaban J connectivity index is 1.49. The summed E-state index contributed by atoms with van der Waals surface area (Å²) in [4.78, 5) is 21.8. The molecule has 3 heterocycles. The van der Waals surface area contributed by atoms with Crippen LogP contribution in [0.5, 0.6) is 0 Å². The summed E-state index contributed by atoms with van der Waals surface area (Å²) in [6.07, 6.45) is 13.0. The normalized spacial score (nSPS) is 14.7. The van der Waals surface area contributed by atoms with Gasteiger partial charge in [-0.25, -0.2) is 4.52 Å². The van der Waals surface area contributed by atoms with Gasteiger partial charge in [0.1, 0.15) is 0 Å². The van der Waals surface area contributed by atoms with Crippen LogP contribution in [-0.4, -0.2) is 56.5 Å². The first-order chi connectivity index (χ1) is 18.1. The summed E-state index contributed by atoms with van der Waals surface area (Å²) in [5, 5.41) is 7.84. The number of rotatable bonds is 9. The van der Waals surface area contributed by atoms with Crippen molar-refractivity contribution in [2.24, 2.45) is 0 Å². The van der Waals surface area contributed by atoms with Crippen LogP contribution in [0.25, 0.3) is 16.9 Å². The van der Waals surface area contributed by atoms with Gasteiger partial charge in [0, 0.05) is 48.7 Å². The third-order valence-corrected chi connectivity index (χ3v) is 6.16. The molecule has 7 nitrogen and oxygen atoms in total. The van der Waals surface area contributed by atoms with Gasteiger partial charge < -0.3 is 15.1 Å². The molecule has 4 rings (SSSR count). The van der Waals surface area contributed by atoms with Crippen LogP contribution in [0.1, 0.15) is 17.3 Å². The molecule has 7 heteroatoms. The van der Waals surface area contributed by atoms with E-state index in [0.29, 0.717) is 24.6 Å². The Kier molecular flexibility index (Phi) is 8.15. The predicted molar refractivity (Wildman–Crippen MR) is 151 cm³/mol. The lowest BCUT2D eigenvalue weighted by atomic mass is 10.1. The summed E-state index contributed by atoms with van der Waals surface area (Å²) >= 11 is 0. The molecule has 37 heavy (non-hydrogen) atoms. The third kappa shape index (κ3) is 5.78. The van der Waals surface area contributed by atoms with Crippen molar-refractivity contribution in [3.05, 3.63) is 122 Å². The van der Waals surface area contributed by atoms with Crippen molar-refractivity contribution in [1.29, 1.82) is 0 Å². The number of hydrogen-bond acceptors (Lipinski definition) is 5. The van der Waals surface area contributed by atoms with Gasteiger partial charge in [0.15, 0.2) is 5.65 Å². The van der Waals surface area contributed by atoms with Crippen molar-refractivity contribution >= 4 is 17.5 Å². The predicted octanol–water partition coefficient (Wildman–Crippen LogP) is 5.47. The van der Waals surface area contributed by atoms with Crippen LogP contribution < -0.4 is 5.32 Å². The lowest BCUT2D eigenvalue weighted by Crippen LogP contribution is -2.48. The first-order valence-electron chi connectivity index (χ1n) is 12.3. The van der Waals surface area contributed by atoms with Crippen molar-refractivity contribution in [1.82, 2.24) is 24.4 Å². The molecule has 1 aromatic carbocycles. The van der Waals surface area contributed by atoms with E-state index in [1.54, 1.807) is 16.7 Å². The Morgan fingerprint density at radius 1 is 0.946 bits per heavy atom. The monoisotopic (exact) mass is 492 g/mol. The number of fused-ring (bicyclic) bond motifs is 1. The topological polar surface area (TPSA) is 65.8 Å². The van der Waals surface area contributed by atoms with E-state index in [0.717, 1.165) is 41.4 Å². The number of hydrogen-bond donors (Lipinski definition) is 1. The van der Waals surface area contributed by atoms with Gasteiger partial charge >= 0.3 is 0 Å². The lowest BCUT2D eigenvalue weighted by Gasteiger charge is -2.36. The number of nitrogens with one attached hydrogen (secondary N) is 1. The van der Waals surface area contributed by atoms with Crippen LogP contribution in [0.4, 0.5) is 5.95 Å². The van der Waals surface area contributed by atoms with E-state index in [9.17, 15) is 4.79 Å². The van der Waals surface area contributed by atoms with Crippen LogP contribution in [0.15, 0.2) is 116 Å². The number of anilines is 1. The van der Waals surface area contributed by atoms with Crippen molar-refractivity contribution < 1.29 is 4.79 Å². The summed E-state index contributed by atoms with van der Waals surface area (Å²) in [6, 6.07) is 13.5. The molecule has 1 N–H and O–H groups in total. The van der Waals surface area contributed by atoms with Crippen molar-refractivity contribution in [3.63, 3.8) is 0 Å². The average molecular weight is 493 g/mol. The molecule has 1 aliphatic rings. The number of nitrogens with zero attached hydrogens (tertiary/aromatic N) is 5. The van der Waals surface area contributed by atoms with E-state index in [4.69, 9.17) is 0 Å². The highest BCUT2D eigenvalue weighted by atomic mass is 16.2. The molecule has 0 atom stereocenters. The smallest absolute Gasteiger partial charge is 0.253 e. The third-order valence-electron chi connectivity index (χ3n) is 6.16. The maximum Gasteiger partial charge on any atom is 0.253 e. The minimum absolute atomic E-state index is 0.0365. The van der Waals surface area contributed by atoms with Crippen molar-refractivity contribution in [2.45, 2.75) is 6.92 Å². The first-order valence-corrected chi connectivity index (χ1v) is 12.3. The Hall–Kier alpha value is -4.65. The number of aromatic nitrogens is 3. The van der Waals surface area contributed by atoms with Crippen LogP contribution in [0, 0.1) is 0 Å². The van der Waals surface area contributed by atoms with Crippen LogP contribution in [0.2, 0.25) is 0 Å². The number of benzene rings is 1. The number of pyridine rings is 1. The van der Waals surface area contributed by atoms with E-state index in [1.807, 2.05) is 84.7 Å². The molecule has 0 radical (unpaired) electrons. The molecule has 0 unspecified atom stereocenters. The summed E-state index contributed by atoms with van der Waals surface area (Å²) in [7, 11) is 0. The van der Waals surface area contributed by atoms with Crippen LogP contribution >= 0.6 is 0 Å². The molecule has 1 saturated heterocycles. The van der Waals surface area contributed by atoms with Gasteiger partial charge in [-0.1, -0.05) is 56.2 Å². The highest BCUT2D eigenvalue weighted by Crippen LogP contribution is 2.23. The van der Waals surface area contributed by atoms with Gasteiger partial charge in [-0.2, -0.15) is 4.98 Å². The van der Waals surface area contributed by atoms with E-state index in [1.165, 1.54) is 0 Å². The van der Waals surface area contributed by atoms with E-state index >= 15 is 0 Å². The Morgan fingerprint density at radius 2 is 1.68 bits per heavy atom. The minimum Gasteiger partial charge on any atom is -0.368 e. The SMILES string of the molecule is C=C/C=C(\C=C)N1CCN(C(=O)c2ccc(-c3cccc4nc(N/C(C=C)=C/C=C\C)nn34)cc2)CC1. The second kappa shape index (κ2) is 11.9. The molecule has 0 bridgehead atoms. The largest absolute Gasteiger partial charge is 0.368 e. The average Bonchev–Trinajstić information content (AvgIpc) is 3.36. The fraction of sp³-hybridized carbons (Fsp3) is 0.167. The zero-order valence-electron chi connectivity index (χ0n) is 21.2. The van der Waals surface area contributed by atoms with E-state index in [2.05, 4.69) is 40.0 Å². The fourth-order valence-electron chi connectivity index (χ4n) is 4.22. The van der Waals surface area contributed by atoms with Gasteiger partial charge in [0.2, 0.25) is 5.95 Å². The zero-order chi connectivity index (χ0) is 26.2. The molecular weight excluding hydrogens is 460 g/mol. The summed E-state index contributed by atoms with van der Waals surface area (Å²) < 4.78 is 1.79. The van der Waals surface area contributed by atoms with Gasteiger partial charge in [-0.3, -0.25) is 4.79 Å². The standard InChI is InChI=1S/C30H32N6O/c1-5-9-12-25(7-3)31-30-32-28-14-10-13-27(36(28)33-30)23-15-17-24(18-16-23)29(37)35-21-19-34(20-22-35)26(8-4)11-6-2/h5-18H,2-4,19-22H2,1H3,(H,31,33)/b9-5-,25-12+,26-11+. The minimum atomic E-state index is 0.0365.